The summed E-state index contributed by atoms with van der Waals surface area (Å²) in [6.07, 6.45) is 8.42. The molecule has 0 bridgehead atoms. The highest BCUT2D eigenvalue weighted by molar-refractivity contribution is 5.85. The number of hydrogen-bond donors (Lipinski definition) is 0. The Morgan fingerprint density at radius 3 is 2.75 bits per heavy atom. The van der Waals surface area contributed by atoms with Crippen LogP contribution in [0.1, 0.15) is 51.9 Å². The van der Waals surface area contributed by atoms with Gasteiger partial charge >= 0.3 is 0 Å². The van der Waals surface area contributed by atoms with Gasteiger partial charge in [-0.3, -0.25) is 4.79 Å². The Bertz CT molecular complexity index is 195. The first-order valence-corrected chi connectivity index (χ1v) is 5.27. The SMILES string of the molecule is C[C@@]12CCCC[C@@H]1CCCC2=O. The molecule has 2 atom stereocenters. The Hall–Kier alpha value is -0.330. The van der Waals surface area contributed by atoms with E-state index in [4.69, 9.17) is 0 Å². The highest BCUT2D eigenvalue weighted by Crippen LogP contribution is 2.47. The third-order valence-corrected chi connectivity index (χ3v) is 3.99. The minimum absolute atomic E-state index is 0.0938. The molecule has 0 amide bonds. The van der Waals surface area contributed by atoms with E-state index in [-0.39, 0.29) is 5.41 Å². The van der Waals surface area contributed by atoms with Crippen LogP contribution in [-0.4, -0.2) is 5.78 Å². The molecule has 0 spiro atoms. The van der Waals surface area contributed by atoms with Gasteiger partial charge in [0.05, 0.1) is 0 Å². The maximum Gasteiger partial charge on any atom is 0.139 e. The second kappa shape index (κ2) is 2.86. The van der Waals surface area contributed by atoms with Gasteiger partial charge in [0.1, 0.15) is 5.78 Å². The van der Waals surface area contributed by atoms with E-state index >= 15 is 0 Å². The molecule has 2 rings (SSSR count). The molecule has 0 aromatic carbocycles. The first-order chi connectivity index (χ1) is 5.73. The van der Waals surface area contributed by atoms with Crippen LogP contribution in [0.2, 0.25) is 0 Å². The molecule has 0 saturated heterocycles. The summed E-state index contributed by atoms with van der Waals surface area (Å²) in [6.45, 7) is 2.21. The summed E-state index contributed by atoms with van der Waals surface area (Å²) >= 11 is 0. The van der Waals surface area contributed by atoms with Gasteiger partial charge in [-0.15, -0.1) is 0 Å². The molecular formula is C11H18O. The lowest BCUT2D eigenvalue weighted by Crippen LogP contribution is -2.41. The van der Waals surface area contributed by atoms with Crippen molar-refractivity contribution in [3.8, 4) is 0 Å². The van der Waals surface area contributed by atoms with E-state index in [0.717, 1.165) is 25.2 Å². The van der Waals surface area contributed by atoms with Crippen LogP contribution in [0.4, 0.5) is 0 Å². The number of carbonyl (C=O) groups excluding carboxylic acids is 1. The van der Waals surface area contributed by atoms with Crippen LogP contribution in [-0.2, 0) is 4.79 Å². The van der Waals surface area contributed by atoms with Crippen molar-refractivity contribution in [2.75, 3.05) is 0 Å². The Kier molecular flexibility index (Phi) is 1.97. The molecule has 68 valence electrons. The third-order valence-electron chi connectivity index (χ3n) is 3.99. The Morgan fingerprint density at radius 1 is 1.25 bits per heavy atom. The summed E-state index contributed by atoms with van der Waals surface area (Å²) in [5.41, 5.74) is 0.0938. The predicted molar refractivity (Wildman–Crippen MR) is 48.9 cm³/mol. The van der Waals surface area contributed by atoms with Gasteiger partial charge < -0.3 is 0 Å². The Labute approximate surface area is 74.5 Å². The molecule has 0 aromatic rings. The molecule has 2 aliphatic rings. The minimum Gasteiger partial charge on any atom is -0.299 e. The Balaban J connectivity index is 2.20. The molecule has 0 aromatic heterocycles. The highest BCUT2D eigenvalue weighted by atomic mass is 16.1. The predicted octanol–water partition coefficient (Wildman–Crippen LogP) is 2.94. The topological polar surface area (TPSA) is 17.1 Å². The van der Waals surface area contributed by atoms with Crippen molar-refractivity contribution in [1.82, 2.24) is 0 Å². The van der Waals surface area contributed by atoms with Crippen molar-refractivity contribution in [3.63, 3.8) is 0 Å². The van der Waals surface area contributed by atoms with Crippen molar-refractivity contribution in [3.05, 3.63) is 0 Å². The minimum atomic E-state index is 0.0938. The van der Waals surface area contributed by atoms with Crippen molar-refractivity contribution in [2.45, 2.75) is 51.9 Å². The molecule has 2 fully saturated rings. The summed E-state index contributed by atoms with van der Waals surface area (Å²) in [7, 11) is 0. The lowest BCUT2D eigenvalue weighted by molar-refractivity contribution is -0.136. The molecule has 2 aliphatic carbocycles. The number of hydrogen-bond acceptors (Lipinski definition) is 1. The van der Waals surface area contributed by atoms with Gasteiger partial charge in [0.25, 0.3) is 0 Å². The molecule has 1 nitrogen and oxygen atoms in total. The van der Waals surface area contributed by atoms with Crippen LogP contribution < -0.4 is 0 Å². The standard InChI is InChI=1S/C11H18O/c1-11-8-3-2-5-9(11)6-4-7-10(11)12/h9H,2-8H2,1H3/t9-,11-/m1/s1. The molecule has 0 heterocycles. The fraction of sp³-hybridized carbons (Fsp3) is 0.909. The summed E-state index contributed by atoms with van der Waals surface area (Å²) < 4.78 is 0. The van der Waals surface area contributed by atoms with Crippen molar-refractivity contribution in [1.29, 1.82) is 0 Å². The van der Waals surface area contributed by atoms with Gasteiger partial charge in [-0.05, 0) is 31.6 Å². The van der Waals surface area contributed by atoms with Crippen molar-refractivity contribution in [2.24, 2.45) is 11.3 Å². The molecule has 0 N–H and O–H groups in total. The molecule has 0 radical (unpaired) electrons. The monoisotopic (exact) mass is 166 g/mol. The van der Waals surface area contributed by atoms with E-state index in [0.29, 0.717) is 5.78 Å². The van der Waals surface area contributed by atoms with Crippen molar-refractivity contribution < 1.29 is 4.79 Å². The van der Waals surface area contributed by atoms with Gasteiger partial charge in [0.15, 0.2) is 0 Å². The fourth-order valence-corrected chi connectivity index (χ4v) is 3.03. The van der Waals surface area contributed by atoms with E-state index < -0.39 is 0 Å². The van der Waals surface area contributed by atoms with E-state index in [2.05, 4.69) is 6.92 Å². The maximum absolute atomic E-state index is 11.8. The van der Waals surface area contributed by atoms with Gasteiger partial charge in [0, 0.05) is 11.8 Å². The van der Waals surface area contributed by atoms with Gasteiger partial charge in [0.2, 0.25) is 0 Å². The summed E-state index contributed by atoms with van der Waals surface area (Å²) in [6, 6.07) is 0. The molecule has 1 heteroatoms. The second-order valence-electron chi connectivity index (χ2n) is 4.68. The molecule has 0 aliphatic heterocycles. The number of fused-ring (bicyclic) bond motifs is 1. The van der Waals surface area contributed by atoms with E-state index in [1.54, 1.807) is 0 Å². The fourth-order valence-electron chi connectivity index (χ4n) is 3.03. The quantitative estimate of drug-likeness (QED) is 0.540. The zero-order chi connectivity index (χ0) is 8.60. The maximum atomic E-state index is 11.8. The summed E-state index contributed by atoms with van der Waals surface area (Å²) in [5.74, 6) is 1.28. The summed E-state index contributed by atoms with van der Waals surface area (Å²) in [4.78, 5) is 11.8. The van der Waals surface area contributed by atoms with Crippen LogP contribution >= 0.6 is 0 Å². The molecular weight excluding hydrogens is 148 g/mol. The van der Waals surface area contributed by atoms with Crippen LogP contribution in [0.25, 0.3) is 0 Å². The van der Waals surface area contributed by atoms with Gasteiger partial charge in [-0.2, -0.15) is 0 Å². The molecule has 2 saturated carbocycles. The van der Waals surface area contributed by atoms with Crippen LogP contribution in [0.5, 0.6) is 0 Å². The molecule has 12 heavy (non-hydrogen) atoms. The van der Waals surface area contributed by atoms with E-state index in [1.807, 2.05) is 0 Å². The zero-order valence-electron chi connectivity index (χ0n) is 7.94. The van der Waals surface area contributed by atoms with Crippen molar-refractivity contribution >= 4 is 5.78 Å². The van der Waals surface area contributed by atoms with Crippen LogP contribution in [0.15, 0.2) is 0 Å². The van der Waals surface area contributed by atoms with Gasteiger partial charge in [-0.25, -0.2) is 0 Å². The second-order valence-corrected chi connectivity index (χ2v) is 4.68. The highest BCUT2D eigenvalue weighted by Gasteiger charge is 2.43. The summed E-state index contributed by atoms with van der Waals surface area (Å²) in [5, 5.41) is 0. The lowest BCUT2D eigenvalue weighted by Gasteiger charge is -2.43. The van der Waals surface area contributed by atoms with Crippen LogP contribution in [0.3, 0.4) is 0 Å². The molecule has 0 unspecified atom stereocenters. The first kappa shape index (κ1) is 8.28. The zero-order valence-corrected chi connectivity index (χ0v) is 7.94. The van der Waals surface area contributed by atoms with E-state index in [9.17, 15) is 4.79 Å². The number of carbonyl (C=O) groups is 1. The smallest absolute Gasteiger partial charge is 0.139 e. The van der Waals surface area contributed by atoms with Gasteiger partial charge in [-0.1, -0.05) is 19.8 Å². The Morgan fingerprint density at radius 2 is 2.00 bits per heavy atom. The largest absolute Gasteiger partial charge is 0.299 e. The number of rotatable bonds is 0. The first-order valence-electron chi connectivity index (χ1n) is 5.27. The normalized spacial score (nSPS) is 42.4. The lowest BCUT2D eigenvalue weighted by atomic mass is 9.60. The average Bonchev–Trinajstić information content (AvgIpc) is 2.07. The number of Topliss-reactive ketones (excluding diaryl/α,β-unsaturated/α-hetero) is 1. The van der Waals surface area contributed by atoms with E-state index in [1.165, 1.54) is 25.7 Å². The van der Waals surface area contributed by atoms with Crippen LogP contribution in [0, 0.1) is 11.3 Å². The number of ketones is 1. The third kappa shape index (κ3) is 1.10. The average molecular weight is 166 g/mol.